The number of hydrogen-bond acceptors (Lipinski definition) is 4. The number of hydrogen-bond donors (Lipinski definition) is 0. The van der Waals surface area contributed by atoms with Gasteiger partial charge in [-0.3, -0.25) is 4.79 Å². The first-order valence-electron chi connectivity index (χ1n) is 7.65. The third-order valence-electron chi connectivity index (χ3n) is 4.58. The summed E-state index contributed by atoms with van der Waals surface area (Å²) < 4.78 is 6.61. The highest BCUT2D eigenvalue weighted by Gasteiger charge is 2.22. The van der Waals surface area contributed by atoms with Crippen molar-refractivity contribution in [3.05, 3.63) is 53.3 Å². The molecule has 112 valence electrons. The smallest absolute Gasteiger partial charge is 0.162 e. The van der Waals surface area contributed by atoms with Gasteiger partial charge in [0.15, 0.2) is 16.6 Å². The summed E-state index contributed by atoms with van der Waals surface area (Å²) in [5, 5.41) is 3.12. The van der Waals surface area contributed by atoms with E-state index < -0.39 is 0 Å². The number of nitrogens with zero attached hydrogens (tertiary/aromatic N) is 1. The minimum atomic E-state index is 0.0921. The standard InChI is InChI=1S/C19H13NO2S/c1-10(21)13-7-6-11-4-5-12-9-15-18(17(13)16(11)12)20-19(23-15)14-3-2-8-22-14/h2-3,6-9H,4-5H2,1H3. The lowest BCUT2D eigenvalue weighted by atomic mass is 9.97. The molecule has 0 saturated carbocycles. The molecular weight excluding hydrogens is 306 g/mol. The highest BCUT2D eigenvalue weighted by molar-refractivity contribution is 7.21. The number of rotatable bonds is 2. The van der Waals surface area contributed by atoms with Gasteiger partial charge in [0, 0.05) is 10.9 Å². The Bertz CT molecular complexity index is 1090. The van der Waals surface area contributed by atoms with Gasteiger partial charge in [0.25, 0.3) is 0 Å². The normalized spacial score (nSPS) is 13.3. The van der Waals surface area contributed by atoms with Gasteiger partial charge < -0.3 is 4.42 Å². The van der Waals surface area contributed by atoms with Crippen molar-refractivity contribution in [2.75, 3.05) is 0 Å². The van der Waals surface area contributed by atoms with E-state index >= 15 is 0 Å². The van der Waals surface area contributed by atoms with Crippen molar-refractivity contribution in [1.82, 2.24) is 4.98 Å². The Morgan fingerprint density at radius 3 is 2.83 bits per heavy atom. The molecule has 0 spiro atoms. The fourth-order valence-electron chi connectivity index (χ4n) is 3.57. The van der Waals surface area contributed by atoms with Gasteiger partial charge in [0.1, 0.15) is 0 Å². The Hall–Kier alpha value is -2.46. The van der Waals surface area contributed by atoms with Gasteiger partial charge >= 0.3 is 0 Å². The fraction of sp³-hybridized carbons (Fsp3) is 0.158. The van der Waals surface area contributed by atoms with Crippen LogP contribution in [-0.2, 0) is 12.8 Å². The van der Waals surface area contributed by atoms with Gasteiger partial charge in [0.05, 0.1) is 16.5 Å². The molecule has 2 aromatic heterocycles. The SMILES string of the molecule is CC(=O)c1ccc2c3c(cc4sc(-c5ccco5)nc4c13)CC2. The van der Waals surface area contributed by atoms with Gasteiger partial charge in [-0.1, -0.05) is 12.1 Å². The Kier molecular flexibility index (Phi) is 2.56. The highest BCUT2D eigenvalue weighted by atomic mass is 32.1. The van der Waals surface area contributed by atoms with Gasteiger partial charge in [-0.15, -0.1) is 11.3 Å². The molecule has 2 aromatic carbocycles. The molecule has 5 rings (SSSR count). The van der Waals surface area contributed by atoms with E-state index in [1.807, 2.05) is 18.2 Å². The van der Waals surface area contributed by atoms with Crippen molar-refractivity contribution in [1.29, 1.82) is 0 Å². The largest absolute Gasteiger partial charge is 0.462 e. The summed E-state index contributed by atoms with van der Waals surface area (Å²) >= 11 is 1.63. The number of aromatic nitrogens is 1. The zero-order valence-corrected chi connectivity index (χ0v) is 13.4. The summed E-state index contributed by atoms with van der Waals surface area (Å²) in [5.74, 6) is 0.868. The van der Waals surface area contributed by atoms with E-state index in [0.717, 1.165) is 44.8 Å². The molecule has 1 aliphatic rings. The molecular formula is C19H13NO2S. The third-order valence-corrected chi connectivity index (χ3v) is 5.60. The number of thiazole rings is 1. The van der Waals surface area contributed by atoms with Crippen LogP contribution in [0, 0.1) is 0 Å². The predicted molar refractivity (Wildman–Crippen MR) is 92.2 cm³/mol. The summed E-state index contributed by atoms with van der Waals surface area (Å²) in [7, 11) is 0. The van der Waals surface area contributed by atoms with Gasteiger partial charge in [-0.05, 0) is 54.5 Å². The van der Waals surface area contributed by atoms with Crippen molar-refractivity contribution in [2.45, 2.75) is 19.8 Å². The minimum absolute atomic E-state index is 0.0921. The van der Waals surface area contributed by atoms with Crippen molar-refractivity contribution in [3.8, 4) is 10.8 Å². The third kappa shape index (κ3) is 1.75. The van der Waals surface area contributed by atoms with E-state index in [9.17, 15) is 4.79 Å². The Morgan fingerprint density at radius 1 is 1.17 bits per heavy atom. The van der Waals surface area contributed by atoms with Crippen molar-refractivity contribution >= 4 is 38.1 Å². The number of fused-ring (bicyclic) bond motifs is 2. The number of aryl methyl sites for hydroxylation is 2. The van der Waals surface area contributed by atoms with Crippen LogP contribution in [0.2, 0.25) is 0 Å². The molecule has 4 aromatic rings. The van der Waals surface area contributed by atoms with Crippen molar-refractivity contribution in [3.63, 3.8) is 0 Å². The molecule has 3 nitrogen and oxygen atoms in total. The van der Waals surface area contributed by atoms with Crippen molar-refractivity contribution < 1.29 is 9.21 Å². The first-order chi connectivity index (χ1) is 11.2. The van der Waals surface area contributed by atoms with Crippen LogP contribution in [-0.4, -0.2) is 10.8 Å². The Morgan fingerprint density at radius 2 is 2.04 bits per heavy atom. The number of benzene rings is 2. The molecule has 4 heteroatoms. The zero-order valence-electron chi connectivity index (χ0n) is 12.6. The second-order valence-electron chi connectivity index (χ2n) is 5.96. The summed E-state index contributed by atoms with van der Waals surface area (Å²) in [6.45, 7) is 1.63. The highest BCUT2D eigenvalue weighted by Crippen LogP contribution is 2.41. The lowest BCUT2D eigenvalue weighted by Gasteiger charge is -2.07. The average molecular weight is 319 g/mol. The zero-order chi connectivity index (χ0) is 15.6. The lowest BCUT2D eigenvalue weighted by molar-refractivity contribution is 0.101. The Balaban J connectivity index is 1.95. The topological polar surface area (TPSA) is 43.1 Å². The van der Waals surface area contributed by atoms with Crippen LogP contribution in [0.3, 0.4) is 0 Å². The molecule has 0 N–H and O–H groups in total. The summed E-state index contributed by atoms with van der Waals surface area (Å²) in [5.41, 5.74) is 4.36. The predicted octanol–water partition coefficient (Wildman–Crippen LogP) is 5.01. The first-order valence-corrected chi connectivity index (χ1v) is 8.47. The van der Waals surface area contributed by atoms with Crippen LogP contribution >= 0.6 is 11.3 Å². The Labute approximate surface area is 136 Å². The molecule has 0 radical (unpaired) electrons. The summed E-state index contributed by atoms with van der Waals surface area (Å²) in [6, 6.07) is 10.1. The fourth-order valence-corrected chi connectivity index (χ4v) is 4.58. The molecule has 0 unspecified atom stereocenters. The quantitative estimate of drug-likeness (QED) is 0.488. The molecule has 0 bridgehead atoms. The minimum Gasteiger partial charge on any atom is -0.462 e. The maximum absolute atomic E-state index is 12.1. The monoisotopic (exact) mass is 319 g/mol. The van der Waals surface area contributed by atoms with Gasteiger partial charge in [0.2, 0.25) is 0 Å². The molecule has 2 heterocycles. The van der Waals surface area contributed by atoms with Crippen LogP contribution in [0.4, 0.5) is 0 Å². The van der Waals surface area contributed by atoms with Gasteiger partial charge in [-0.25, -0.2) is 4.98 Å². The van der Waals surface area contributed by atoms with E-state index in [1.165, 1.54) is 16.5 Å². The average Bonchev–Trinajstić information content (AvgIpc) is 3.26. The van der Waals surface area contributed by atoms with E-state index in [0.29, 0.717) is 0 Å². The van der Waals surface area contributed by atoms with Crippen LogP contribution in [0.15, 0.2) is 41.0 Å². The molecule has 0 amide bonds. The van der Waals surface area contributed by atoms with E-state index in [4.69, 9.17) is 9.40 Å². The molecule has 0 atom stereocenters. The number of carbonyl (C=O) groups excluding carboxylic acids is 1. The van der Waals surface area contributed by atoms with Crippen molar-refractivity contribution in [2.24, 2.45) is 0 Å². The second-order valence-corrected chi connectivity index (χ2v) is 6.99. The van der Waals surface area contributed by atoms with E-state index in [1.54, 1.807) is 24.5 Å². The van der Waals surface area contributed by atoms with E-state index in [-0.39, 0.29) is 5.78 Å². The summed E-state index contributed by atoms with van der Waals surface area (Å²) in [6.07, 6.45) is 3.75. The summed E-state index contributed by atoms with van der Waals surface area (Å²) in [4.78, 5) is 16.9. The maximum Gasteiger partial charge on any atom is 0.162 e. The maximum atomic E-state index is 12.1. The number of furan rings is 1. The molecule has 0 saturated heterocycles. The molecule has 0 fully saturated rings. The molecule has 1 aliphatic carbocycles. The van der Waals surface area contributed by atoms with E-state index in [2.05, 4.69) is 12.1 Å². The first kappa shape index (κ1) is 13.0. The molecule has 23 heavy (non-hydrogen) atoms. The second kappa shape index (κ2) is 4.52. The number of Topliss-reactive ketones (excluding diaryl/α,β-unsaturated/α-hetero) is 1. The van der Waals surface area contributed by atoms with Gasteiger partial charge in [-0.2, -0.15) is 0 Å². The molecule has 0 aliphatic heterocycles. The van der Waals surface area contributed by atoms with Crippen LogP contribution in [0.1, 0.15) is 28.4 Å². The lowest BCUT2D eigenvalue weighted by Crippen LogP contribution is -1.95. The van der Waals surface area contributed by atoms with Crippen LogP contribution in [0.5, 0.6) is 0 Å². The number of carbonyl (C=O) groups is 1. The van der Waals surface area contributed by atoms with Crippen LogP contribution < -0.4 is 0 Å². The van der Waals surface area contributed by atoms with Crippen LogP contribution in [0.25, 0.3) is 31.8 Å². The number of ketones is 1.